The minimum absolute atomic E-state index is 0.203. The third-order valence-corrected chi connectivity index (χ3v) is 3.99. The Balaban J connectivity index is 2.77. The number of aliphatic hydroxyl groups is 1. The fourth-order valence-electron chi connectivity index (χ4n) is 1.55. The Labute approximate surface area is 114 Å². The average Bonchev–Trinajstić information content (AvgIpc) is 2.42. The Morgan fingerprint density at radius 3 is 2.79 bits per heavy atom. The van der Waals surface area contributed by atoms with Gasteiger partial charge in [0.05, 0.1) is 4.90 Å². The maximum Gasteiger partial charge on any atom is 0.240 e. The number of benzene rings is 1. The van der Waals surface area contributed by atoms with Crippen LogP contribution in [-0.4, -0.2) is 26.7 Å². The molecule has 0 atom stereocenters. The molecule has 1 aromatic rings. The highest BCUT2D eigenvalue weighted by Gasteiger charge is 2.12. The zero-order chi connectivity index (χ0) is 14.1. The molecule has 0 amide bonds. The molecule has 2 N–H and O–H groups in total. The maximum absolute atomic E-state index is 12.0. The van der Waals surface area contributed by atoms with Crippen molar-refractivity contribution in [1.29, 1.82) is 0 Å². The number of aliphatic hydroxyl groups excluding tert-OH is 1. The van der Waals surface area contributed by atoms with Gasteiger partial charge in [0.1, 0.15) is 6.61 Å². The van der Waals surface area contributed by atoms with Gasteiger partial charge in [0.25, 0.3) is 0 Å². The molecule has 0 saturated heterocycles. The highest BCUT2D eigenvalue weighted by Crippen LogP contribution is 2.11. The minimum atomic E-state index is -3.47. The van der Waals surface area contributed by atoms with E-state index in [4.69, 9.17) is 5.11 Å². The molecule has 0 aliphatic heterocycles. The molecule has 0 spiro atoms. The molecule has 4 nitrogen and oxygen atoms in total. The standard InChI is InChI=1S/C14H19NO3S/c1-2-3-4-10-15-19(17,18)14-9-5-7-13(12-14)8-6-11-16/h5,7,9,12,15-16H,2-4,10-11H2,1H3. The lowest BCUT2D eigenvalue weighted by Gasteiger charge is -2.06. The molecule has 1 aromatic carbocycles. The van der Waals surface area contributed by atoms with E-state index in [9.17, 15) is 8.42 Å². The van der Waals surface area contributed by atoms with Gasteiger partial charge in [0, 0.05) is 12.1 Å². The van der Waals surface area contributed by atoms with Crippen LogP contribution >= 0.6 is 0 Å². The SMILES string of the molecule is CCCCCNS(=O)(=O)c1cccc(C#CCO)c1. The van der Waals surface area contributed by atoms with Crippen molar-refractivity contribution < 1.29 is 13.5 Å². The lowest BCUT2D eigenvalue weighted by Crippen LogP contribution is -2.24. The minimum Gasteiger partial charge on any atom is -0.384 e. The Morgan fingerprint density at radius 2 is 2.11 bits per heavy atom. The van der Waals surface area contributed by atoms with Gasteiger partial charge < -0.3 is 5.11 Å². The molecule has 0 saturated carbocycles. The van der Waals surface area contributed by atoms with Gasteiger partial charge in [-0.3, -0.25) is 0 Å². The van der Waals surface area contributed by atoms with Gasteiger partial charge in [0.15, 0.2) is 0 Å². The Morgan fingerprint density at radius 1 is 1.32 bits per heavy atom. The molecule has 0 aliphatic carbocycles. The summed E-state index contributed by atoms with van der Waals surface area (Å²) < 4.78 is 26.6. The molecule has 0 radical (unpaired) electrons. The van der Waals surface area contributed by atoms with Crippen LogP contribution < -0.4 is 4.72 Å². The maximum atomic E-state index is 12.0. The van der Waals surface area contributed by atoms with Crippen molar-refractivity contribution in [3.8, 4) is 11.8 Å². The Bertz CT molecular complexity index is 556. The highest BCUT2D eigenvalue weighted by atomic mass is 32.2. The van der Waals surface area contributed by atoms with Crippen molar-refractivity contribution >= 4 is 10.0 Å². The van der Waals surface area contributed by atoms with Gasteiger partial charge >= 0.3 is 0 Å². The zero-order valence-electron chi connectivity index (χ0n) is 11.0. The molecule has 104 valence electrons. The Kier molecular flexibility index (Phi) is 6.57. The monoisotopic (exact) mass is 281 g/mol. The molecular formula is C14H19NO3S. The third kappa shape index (κ3) is 5.43. The van der Waals surface area contributed by atoms with E-state index in [1.54, 1.807) is 12.1 Å². The summed E-state index contributed by atoms with van der Waals surface area (Å²) in [6, 6.07) is 6.39. The van der Waals surface area contributed by atoms with E-state index in [0.717, 1.165) is 19.3 Å². The van der Waals surface area contributed by atoms with E-state index in [1.165, 1.54) is 12.1 Å². The van der Waals surface area contributed by atoms with Crippen LogP contribution in [0.1, 0.15) is 31.7 Å². The molecule has 0 fully saturated rings. The van der Waals surface area contributed by atoms with E-state index >= 15 is 0 Å². The number of hydrogen-bond donors (Lipinski definition) is 2. The van der Waals surface area contributed by atoms with Crippen LogP contribution in [0.2, 0.25) is 0 Å². The van der Waals surface area contributed by atoms with Crippen molar-refractivity contribution in [2.24, 2.45) is 0 Å². The fraction of sp³-hybridized carbons (Fsp3) is 0.429. The first-order chi connectivity index (χ1) is 9.10. The van der Waals surface area contributed by atoms with Crippen molar-refractivity contribution in [3.63, 3.8) is 0 Å². The second-order valence-corrected chi connectivity index (χ2v) is 5.86. The quantitative estimate of drug-likeness (QED) is 0.613. The van der Waals surface area contributed by atoms with Gasteiger partial charge in [-0.1, -0.05) is 37.7 Å². The number of nitrogens with one attached hydrogen (secondary N) is 1. The topological polar surface area (TPSA) is 66.4 Å². The molecule has 0 heterocycles. The number of rotatable bonds is 6. The van der Waals surface area contributed by atoms with Crippen molar-refractivity contribution in [1.82, 2.24) is 4.72 Å². The van der Waals surface area contributed by atoms with Crippen LogP contribution in [0.5, 0.6) is 0 Å². The number of sulfonamides is 1. The smallest absolute Gasteiger partial charge is 0.240 e. The van der Waals surface area contributed by atoms with Crippen molar-refractivity contribution in [2.45, 2.75) is 31.1 Å². The fourth-order valence-corrected chi connectivity index (χ4v) is 2.67. The van der Waals surface area contributed by atoms with Crippen LogP contribution in [0.3, 0.4) is 0 Å². The van der Waals surface area contributed by atoms with Gasteiger partial charge in [-0.25, -0.2) is 13.1 Å². The van der Waals surface area contributed by atoms with E-state index in [2.05, 4.69) is 23.5 Å². The van der Waals surface area contributed by atoms with E-state index < -0.39 is 10.0 Å². The lowest BCUT2D eigenvalue weighted by atomic mass is 10.2. The molecule has 0 unspecified atom stereocenters. The summed E-state index contributed by atoms with van der Waals surface area (Å²) in [5.74, 6) is 5.18. The van der Waals surface area contributed by atoms with Crippen molar-refractivity contribution in [2.75, 3.05) is 13.2 Å². The lowest BCUT2D eigenvalue weighted by molar-refractivity contribution is 0.350. The summed E-state index contributed by atoms with van der Waals surface area (Å²) >= 11 is 0. The van der Waals surface area contributed by atoms with E-state index in [1.807, 2.05) is 0 Å². The molecular weight excluding hydrogens is 262 g/mol. The molecule has 0 aromatic heterocycles. The molecule has 0 bridgehead atoms. The molecule has 1 rings (SSSR count). The third-order valence-electron chi connectivity index (χ3n) is 2.53. The first-order valence-electron chi connectivity index (χ1n) is 6.29. The normalized spacial score (nSPS) is 10.8. The number of hydrogen-bond acceptors (Lipinski definition) is 3. The van der Waals surface area contributed by atoms with Crippen LogP contribution in [0.15, 0.2) is 29.2 Å². The first-order valence-corrected chi connectivity index (χ1v) is 7.78. The van der Waals surface area contributed by atoms with Crippen LogP contribution in [0.25, 0.3) is 0 Å². The average molecular weight is 281 g/mol. The Hall–Kier alpha value is -1.35. The highest BCUT2D eigenvalue weighted by molar-refractivity contribution is 7.89. The predicted octanol–water partition coefficient (Wildman–Crippen LogP) is 1.50. The van der Waals surface area contributed by atoms with Crippen LogP contribution in [0, 0.1) is 11.8 Å². The summed E-state index contributed by atoms with van der Waals surface area (Å²) in [5, 5.41) is 8.62. The molecule has 19 heavy (non-hydrogen) atoms. The second kappa shape index (κ2) is 7.95. The van der Waals surface area contributed by atoms with Gasteiger partial charge in [-0.15, -0.1) is 0 Å². The predicted molar refractivity (Wildman–Crippen MR) is 75.1 cm³/mol. The van der Waals surface area contributed by atoms with Gasteiger partial charge in [0.2, 0.25) is 10.0 Å². The summed E-state index contributed by atoms with van der Waals surface area (Å²) in [4.78, 5) is 0.203. The van der Waals surface area contributed by atoms with Crippen LogP contribution in [-0.2, 0) is 10.0 Å². The van der Waals surface area contributed by atoms with E-state index in [-0.39, 0.29) is 11.5 Å². The molecule has 5 heteroatoms. The van der Waals surface area contributed by atoms with Crippen molar-refractivity contribution in [3.05, 3.63) is 29.8 Å². The van der Waals surface area contributed by atoms with Gasteiger partial charge in [-0.05, 0) is 24.6 Å². The summed E-state index contributed by atoms with van der Waals surface area (Å²) in [7, 11) is -3.47. The second-order valence-electron chi connectivity index (χ2n) is 4.09. The summed E-state index contributed by atoms with van der Waals surface area (Å²) in [5.41, 5.74) is 0.575. The number of unbranched alkanes of at least 4 members (excludes halogenated alkanes) is 2. The summed E-state index contributed by atoms with van der Waals surface area (Å²) in [6.45, 7) is 2.27. The van der Waals surface area contributed by atoms with Crippen LogP contribution in [0.4, 0.5) is 0 Å². The summed E-state index contributed by atoms with van der Waals surface area (Å²) in [6.07, 6.45) is 2.89. The van der Waals surface area contributed by atoms with Gasteiger partial charge in [-0.2, -0.15) is 0 Å². The molecule has 0 aliphatic rings. The van der Waals surface area contributed by atoms with E-state index in [0.29, 0.717) is 12.1 Å². The zero-order valence-corrected chi connectivity index (χ0v) is 11.8. The largest absolute Gasteiger partial charge is 0.384 e. The first kappa shape index (κ1) is 15.7.